The van der Waals surface area contributed by atoms with Crippen LogP contribution in [0.1, 0.15) is 46.4 Å². The number of benzene rings is 1. The van der Waals surface area contributed by atoms with Gasteiger partial charge in [0.1, 0.15) is 6.04 Å². The first-order valence-electron chi connectivity index (χ1n) is 8.79. The van der Waals surface area contributed by atoms with Crippen LogP contribution in [-0.4, -0.2) is 59.9 Å². The van der Waals surface area contributed by atoms with Gasteiger partial charge in [-0.05, 0) is 50.8 Å². The minimum atomic E-state index is -0.839. The first-order chi connectivity index (χ1) is 12.0. The Morgan fingerprint density at radius 1 is 1.08 bits per heavy atom. The van der Waals surface area contributed by atoms with Gasteiger partial charge < -0.3 is 9.64 Å². The first kappa shape index (κ1) is 16.3. The van der Waals surface area contributed by atoms with Crippen molar-refractivity contribution in [1.82, 2.24) is 9.80 Å². The fraction of sp³-hybridized carbons (Fsp3) is 0.526. The monoisotopic (exact) mass is 342 g/mol. The Balaban J connectivity index is 1.68. The number of methoxy groups -OCH3 is 1. The average molecular weight is 342 g/mol. The van der Waals surface area contributed by atoms with Gasteiger partial charge in [0.25, 0.3) is 11.8 Å². The van der Waals surface area contributed by atoms with Crippen LogP contribution in [0.25, 0.3) is 0 Å². The predicted octanol–water partition coefficient (Wildman–Crippen LogP) is 1.70. The topological polar surface area (TPSA) is 66.9 Å². The molecule has 2 amide bonds. The second-order valence-electron chi connectivity index (χ2n) is 7.28. The average Bonchev–Trinajstić information content (AvgIpc) is 2.98. The van der Waals surface area contributed by atoms with Gasteiger partial charge in [0, 0.05) is 12.1 Å². The molecule has 1 aromatic carbocycles. The number of hydrogen-bond donors (Lipinski definition) is 0. The van der Waals surface area contributed by atoms with Crippen LogP contribution in [0.3, 0.4) is 0 Å². The molecule has 2 bridgehead atoms. The third-order valence-electron chi connectivity index (χ3n) is 6.13. The summed E-state index contributed by atoms with van der Waals surface area (Å²) in [4.78, 5) is 41.8. The Morgan fingerprint density at radius 2 is 1.60 bits per heavy atom. The highest BCUT2D eigenvalue weighted by Gasteiger charge is 2.50. The maximum Gasteiger partial charge on any atom is 0.329 e. The summed E-state index contributed by atoms with van der Waals surface area (Å²) in [5, 5.41) is 0. The molecule has 2 fully saturated rings. The summed E-state index contributed by atoms with van der Waals surface area (Å²) in [6.45, 7) is 0. The zero-order valence-electron chi connectivity index (χ0n) is 14.5. The largest absolute Gasteiger partial charge is 0.467 e. The first-order valence-corrected chi connectivity index (χ1v) is 8.79. The number of carbonyl (C=O) groups excluding carboxylic acids is 3. The third-order valence-corrected chi connectivity index (χ3v) is 6.13. The van der Waals surface area contributed by atoms with Crippen molar-refractivity contribution in [2.24, 2.45) is 5.92 Å². The summed E-state index contributed by atoms with van der Waals surface area (Å²) >= 11 is 0. The zero-order chi connectivity index (χ0) is 17.7. The van der Waals surface area contributed by atoms with Crippen LogP contribution in [0.4, 0.5) is 0 Å². The number of carbonyl (C=O) groups is 3. The van der Waals surface area contributed by atoms with Crippen LogP contribution < -0.4 is 0 Å². The van der Waals surface area contributed by atoms with Crippen LogP contribution >= 0.6 is 0 Å². The van der Waals surface area contributed by atoms with E-state index in [9.17, 15) is 14.4 Å². The van der Waals surface area contributed by atoms with Gasteiger partial charge in [-0.25, -0.2) is 4.79 Å². The highest BCUT2D eigenvalue weighted by atomic mass is 16.5. The van der Waals surface area contributed by atoms with Gasteiger partial charge in [0.05, 0.1) is 18.2 Å². The summed E-state index contributed by atoms with van der Waals surface area (Å²) < 4.78 is 4.99. The number of hydrogen-bond acceptors (Lipinski definition) is 5. The second-order valence-corrected chi connectivity index (χ2v) is 7.28. The summed E-state index contributed by atoms with van der Waals surface area (Å²) in [5.41, 5.74) is 0.745. The van der Waals surface area contributed by atoms with Crippen molar-refractivity contribution in [2.45, 2.75) is 43.8 Å². The van der Waals surface area contributed by atoms with Crippen molar-refractivity contribution in [3.63, 3.8) is 0 Å². The van der Waals surface area contributed by atoms with Crippen LogP contribution in [0.15, 0.2) is 24.3 Å². The fourth-order valence-electron chi connectivity index (χ4n) is 4.80. The van der Waals surface area contributed by atoms with Crippen molar-refractivity contribution in [2.75, 3.05) is 14.2 Å². The van der Waals surface area contributed by atoms with E-state index in [1.54, 1.807) is 24.3 Å². The van der Waals surface area contributed by atoms with Gasteiger partial charge in [-0.2, -0.15) is 0 Å². The number of piperidine rings is 1. The molecule has 3 aliphatic heterocycles. The predicted molar refractivity (Wildman–Crippen MR) is 90.0 cm³/mol. The molecule has 6 heteroatoms. The Bertz CT molecular complexity index is 698. The van der Waals surface area contributed by atoms with Crippen LogP contribution in [0.2, 0.25) is 0 Å². The summed E-state index contributed by atoms with van der Waals surface area (Å²) in [7, 11) is 3.44. The highest BCUT2D eigenvalue weighted by molar-refractivity contribution is 6.22. The van der Waals surface area contributed by atoms with Crippen molar-refractivity contribution < 1.29 is 19.1 Å². The Morgan fingerprint density at radius 3 is 2.08 bits per heavy atom. The van der Waals surface area contributed by atoms with Crippen LogP contribution in [0.5, 0.6) is 0 Å². The van der Waals surface area contributed by atoms with E-state index in [4.69, 9.17) is 4.74 Å². The number of imide groups is 1. The number of esters is 1. The molecule has 2 unspecified atom stereocenters. The lowest BCUT2D eigenvalue weighted by Gasteiger charge is -2.40. The molecule has 132 valence electrons. The maximum absolute atomic E-state index is 12.8. The van der Waals surface area contributed by atoms with E-state index in [0.29, 0.717) is 23.2 Å². The van der Waals surface area contributed by atoms with E-state index in [1.165, 1.54) is 7.11 Å². The smallest absolute Gasteiger partial charge is 0.329 e. The molecule has 0 spiro atoms. The minimum Gasteiger partial charge on any atom is -0.467 e. The van der Waals surface area contributed by atoms with E-state index in [-0.39, 0.29) is 17.7 Å². The van der Waals surface area contributed by atoms with Crippen molar-refractivity contribution >= 4 is 17.8 Å². The summed E-state index contributed by atoms with van der Waals surface area (Å²) in [5.74, 6) is -1.32. The van der Waals surface area contributed by atoms with Crippen LogP contribution in [-0.2, 0) is 9.53 Å². The van der Waals surface area contributed by atoms with Crippen molar-refractivity contribution in [3.05, 3.63) is 35.4 Å². The van der Waals surface area contributed by atoms with E-state index in [0.717, 1.165) is 30.6 Å². The normalized spacial score (nSPS) is 29.7. The van der Waals surface area contributed by atoms with Gasteiger partial charge in [-0.3, -0.25) is 14.5 Å². The summed E-state index contributed by atoms with van der Waals surface area (Å²) in [6, 6.07) is 6.73. The summed E-state index contributed by atoms with van der Waals surface area (Å²) in [6.07, 6.45) is 3.82. The molecule has 0 radical (unpaired) electrons. The number of rotatable bonds is 3. The Labute approximate surface area is 146 Å². The van der Waals surface area contributed by atoms with Gasteiger partial charge in [0.2, 0.25) is 0 Å². The third kappa shape index (κ3) is 2.39. The van der Waals surface area contributed by atoms with Crippen molar-refractivity contribution in [3.8, 4) is 0 Å². The lowest BCUT2D eigenvalue weighted by molar-refractivity contribution is -0.148. The molecule has 25 heavy (non-hydrogen) atoms. The molecule has 3 heterocycles. The number of nitrogens with zero attached hydrogens (tertiary/aromatic N) is 2. The van der Waals surface area contributed by atoms with E-state index < -0.39 is 12.0 Å². The molecule has 3 aliphatic rings. The van der Waals surface area contributed by atoms with E-state index >= 15 is 0 Å². The Kier molecular flexibility index (Phi) is 3.87. The molecule has 2 saturated heterocycles. The second kappa shape index (κ2) is 5.95. The fourth-order valence-corrected chi connectivity index (χ4v) is 4.80. The number of ether oxygens (including phenoxy) is 1. The van der Waals surface area contributed by atoms with E-state index in [1.807, 2.05) is 0 Å². The molecule has 0 N–H and O–H groups in total. The van der Waals surface area contributed by atoms with Gasteiger partial charge in [-0.15, -0.1) is 0 Å². The molecule has 6 nitrogen and oxygen atoms in total. The molecular formula is C19H22N2O4. The Hall–Kier alpha value is -2.21. The van der Waals surface area contributed by atoms with Gasteiger partial charge in [0.15, 0.2) is 0 Å². The molecule has 4 rings (SSSR count). The molecule has 3 atom stereocenters. The zero-order valence-corrected chi connectivity index (χ0v) is 14.5. The number of amides is 2. The van der Waals surface area contributed by atoms with E-state index in [2.05, 4.69) is 11.9 Å². The van der Waals surface area contributed by atoms with Crippen molar-refractivity contribution in [1.29, 1.82) is 0 Å². The maximum atomic E-state index is 12.8. The molecule has 0 aliphatic carbocycles. The quantitative estimate of drug-likeness (QED) is 0.618. The molecule has 0 saturated carbocycles. The van der Waals surface area contributed by atoms with Gasteiger partial charge >= 0.3 is 5.97 Å². The molecular weight excluding hydrogens is 320 g/mol. The molecule has 1 aromatic rings. The minimum absolute atomic E-state index is 0.0524. The lowest BCUT2D eigenvalue weighted by atomic mass is 9.84. The van der Waals surface area contributed by atoms with Crippen LogP contribution in [0, 0.1) is 5.92 Å². The standard InChI is InChI=1S/C19H22N2O4/c1-20-12-7-8-13(20)10-11(9-12)16(19(24)25-2)21-17(22)14-5-3-4-6-15(14)18(21)23/h3-6,11-13,16H,7-10H2,1-2H3/t11?,12?,13?,16-/m0/s1. The van der Waals surface area contributed by atoms with Gasteiger partial charge in [-0.1, -0.05) is 12.1 Å². The number of fused-ring (bicyclic) bond motifs is 3. The SMILES string of the molecule is COC(=O)[C@H](C1CC2CCC(C1)N2C)N1C(=O)c2ccccc2C1=O. The highest BCUT2D eigenvalue weighted by Crippen LogP contribution is 2.41. The molecule has 0 aromatic heterocycles. The lowest BCUT2D eigenvalue weighted by Crippen LogP contribution is -2.54.